The van der Waals surface area contributed by atoms with Gasteiger partial charge in [-0.1, -0.05) is 26.0 Å². The summed E-state index contributed by atoms with van der Waals surface area (Å²) in [5, 5.41) is 0. The standard InChI is InChI=1S/C21H24S4/c1-21(2,17-7-5-15-13-19(17)24-11-3-9-22-15)18-8-6-16-14-20(18)25-12-4-10-23-16/h5-8,13-14H,3-4,9-12H2,1-2H3. The van der Waals surface area contributed by atoms with Gasteiger partial charge in [0.1, 0.15) is 0 Å². The SMILES string of the molecule is CC(C)(c1ccc2cc1SCCCS2)c1ccc2cc1SCCCS2. The molecule has 2 heterocycles. The van der Waals surface area contributed by atoms with E-state index in [9.17, 15) is 0 Å². The molecular weight excluding hydrogens is 380 g/mol. The number of rotatable bonds is 2. The minimum absolute atomic E-state index is 0.0372. The van der Waals surface area contributed by atoms with Crippen LogP contribution in [0.15, 0.2) is 56.0 Å². The van der Waals surface area contributed by atoms with Gasteiger partial charge in [0.25, 0.3) is 0 Å². The second-order valence-electron chi connectivity index (χ2n) is 7.04. The van der Waals surface area contributed by atoms with Gasteiger partial charge >= 0.3 is 0 Å². The van der Waals surface area contributed by atoms with Gasteiger partial charge in [-0.25, -0.2) is 0 Å². The summed E-state index contributed by atoms with van der Waals surface area (Å²) in [5.74, 6) is 4.96. The van der Waals surface area contributed by atoms with E-state index in [-0.39, 0.29) is 5.41 Å². The van der Waals surface area contributed by atoms with Crippen molar-refractivity contribution in [3.63, 3.8) is 0 Å². The van der Waals surface area contributed by atoms with E-state index in [0.29, 0.717) is 0 Å². The average Bonchev–Trinajstić information content (AvgIpc) is 2.58. The first kappa shape index (κ1) is 18.2. The normalized spacial score (nSPS) is 18.0. The summed E-state index contributed by atoms with van der Waals surface area (Å²) in [7, 11) is 0. The highest BCUT2D eigenvalue weighted by atomic mass is 32.2. The van der Waals surface area contributed by atoms with Gasteiger partial charge in [-0.05, 0) is 71.2 Å². The predicted molar refractivity (Wildman–Crippen MR) is 117 cm³/mol. The highest BCUT2D eigenvalue weighted by molar-refractivity contribution is 8.01. The summed E-state index contributed by atoms with van der Waals surface area (Å²) in [6.07, 6.45) is 2.59. The van der Waals surface area contributed by atoms with E-state index in [1.807, 2.05) is 47.0 Å². The van der Waals surface area contributed by atoms with Crippen LogP contribution in [-0.2, 0) is 5.41 Å². The molecule has 0 fully saturated rings. The average molecular weight is 405 g/mol. The predicted octanol–water partition coefficient (Wildman–Crippen LogP) is 7.19. The second kappa shape index (κ2) is 7.84. The van der Waals surface area contributed by atoms with Gasteiger partial charge in [0.2, 0.25) is 0 Å². The topological polar surface area (TPSA) is 0 Å². The highest BCUT2D eigenvalue weighted by Gasteiger charge is 2.29. The van der Waals surface area contributed by atoms with Crippen LogP contribution in [0.3, 0.4) is 0 Å². The van der Waals surface area contributed by atoms with E-state index in [2.05, 4.69) is 50.2 Å². The van der Waals surface area contributed by atoms with Crippen LogP contribution < -0.4 is 0 Å². The van der Waals surface area contributed by atoms with E-state index in [4.69, 9.17) is 0 Å². The summed E-state index contributed by atoms with van der Waals surface area (Å²) >= 11 is 8.10. The van der Waals surface area contributed by atoms with Gasteiger partial charge in [0.05, 0.1) is 0 Å². The molecule has 2 aromatic rings. The van der Waals surface area contributed by atoms with Crippen LogP contribution in [-0.4, -0.2) is 23.0 Å². The molecule has 0 saturated carbocycles. The number of hydrogen-bond acceptors (Lipinski definition) is 4. The molecule has 2 aliphatic rings. The second-order valence-corrected chi connectivity index (χ2v) is 11.7. The van der Waals surface area contributed by atoms with Crippen molar-refractivity contribution in [1.82, 2.24) is 0 Å². The third-order valence-corrected chi connectivity index (χ3v) is 9.33. The van der Waals surface area contributed by atoms with Crippen LogP contribution in [0, 0.1) is 0 Å². The molecule has 0 spiro atoms. The van der Waals surface area contributed by atoms with Gasteiger partial charge in [-0.15, -0.1) is 47.0 Å². The van der Waals surface area contributed by atoms with E-state index >= 15 is 0 Å². The van der Waals surface area contributed by atoms with Crippen molar-refractivity contribution in [3.8, 4) is 0 Å². The molecule has 0 unspecified atom stereocenters. The number of thioether (sulfide) groups is 4. The molecule has 0 aliphatic carbocycles. The fourth-order valence-corrected chi connectivity index (χ4v) is 8.15. The molecule has 25 heavy (non-hydrogen) atoms. The Labute approximate surface area is 168 Å². The summed E-state index contributed by atoms with van der Waals surface area (Å²) in [6, 6.07) is 14.3. The Bertz CT molecular complexity index is 703. The fraction of sp³-hybridized carbons (Fsp3) is 0.429. The number of benzene rings is 2. The molecule has 0 amide bonds. The van der Waals surface area contributed by atoms with Gasteiger partial charge in [0, 0.05) is 25.0 Å². The largest absolute Gasteiger partial charge is 0.126 e. The van der Waals surface area contributed by atoms with Crippen LogP contribution in [0.25, 0.3) is 0 Å². The Balaban J connectivity index is 1.77. The molecule has 0 radical (unpaired) electrons. The summed E-state index contributed by atoms with van der Waals surface area (Å²) in [4.78, 5) is 5.82. The van der Waals surface area contributed by atoms with E-state index < -0.39 is 0 Å². The Kier molecular flexibility index (Phi) is 5.71. The molecule has 0 saturated heterocycles. The Morgan fingerprint density at radius 3 is 1.56 bits per heavy atom. The van der Waals surface area contributed by atoms with Crippen molar-refractivity contribution in [2.75, 3.05) is 23.0 Å². The number of hydrogen-bond donors (Lipinski definition) is 0. The smallest absolute Gasteiger partial charge is 0.0168 e. The van der Waals surface area contributed by atoms with Crippen molar-refractivity contribution >= 4 is 47.0 Å². The minimum Gasteiger partial charge on any atom is -0.126 e. The molecule has 0 nitrogen and oxygen atoms in total. The first-order chi connectivity index (χ1) is 12.1. The van der Waals surface area contributed by atoms with Crippen molar-refractivity contribution < 1.29 is 0 Å². The lowest BCUT2D eigenvalue weighted by Gasteiger charge is -2.31. The maximum Gasteiger partial charge on any atom is 0.0168 e. The fourth-order valence-electron chi connectivity index (χ4n) is 3.46. The molecule has 4 bridgehead atoms. The summed E-state index contributed by atoms with van der Waals surface area (Å²) in [6.45, 7) is 4.81. The molecule has 2 aliphatic heterocycles. The van der Waals surface area contributed by atoms with Gasteiger partial charge in [0.15, 0.2) is 0 Å². The lowest BCUT2D eigenvalue weighted by Crippen LogP contribution is -2.21. The van der Waals surface area contributed by atoms with Crippen LogP contribution in [0.5, 0.6) is 0 Å². The zero-order valence-electron chi connectivity index (χ0n) is 14.8. The molecule has 0 aromatic heterocycles. The first-order valence-corrected chi connectivity index (χ1v) is 12.9. The monoisotopic (exact) mass is 404 g/mol. The Hall–Kier alpha value is -0.160. The third-order valence-electron chi connectivity index (χ3n) is 4.88. The maximum absolute atomic E-state index is 2.42. The lowest BCUT2D eigenvalue weighted by atomic mass is 9.78. The van der Waals surface area contributed by atoms with Gasteiger partial charge in [-0.3, -0.25) is 0 Å². The molecule has 4 heteroatoms. The quantitative estimate of drug-likeness (QED) is 0.519. The van der Waals surface area contributed by atoms with Crippen LogP contribution in [0.4, 0.5) is 0 Å². The maximum atomic E-state index is 2.42. The Morgan fingerprint density at radius 1 is 0.640 bits per heavy atom. The van der Waals surface area contributed by atoms with Crippen LogP contribution in [0.1, 0.15) is 37.8 Å². The summed E-state index contributed by atoms with van der Waals surface area (Å²) in [5.41, 5.74) is 3.02. The molecule has 132 valence electrons. The van der Waals surface area contributed by atoms with Gasteiger partial charge < -0.3 is 0 Å². The van der Waals surface area contributed by atoms with Crippen LogP contribution >= 0.6 is 47.0 Å². The minimum atomic E-state index is 0.0372. The number of fused-ring (bicyclic) bond motifs is 4. The van der Waals surface area contributed by atoms with E-state index in [0.717, 1.165) is 0 Å². The van der Waals surface area contributed by atoms with Crippen molar-refractivity contribution in [2.24, 2.45) is 0 Å². The van der Waals surface area contributed by atoms with Crippen molar-refractivity contribution in [2.45, 2.75) is 51.7 Å². The van der Waals surface area contributed by atoms with Crippen LogP contribution in [0.2, 0.25) is 0 Å². The molecule has 2 aromatic carbocycles. The third kappa shape index (κ3) is 3.92. The zero-order valence-corrected chi connectivity index (χ0v) is 18.1. The zero-order chi connectivity index (χ0) is 17.3. The van der Waals surface area contributed by atoms with E-state index in [1.54, 1.807) is 0 Å². The summed E-state index contributed by atoms with van der Waals surface area (Å²) < 4.78 is 0. The molecular formula is C21H24S4. The highest BCUT2D eigenvalue weighted by Crippen LogP contribution is 2.45. The first-order valence-electron chi connectivity index (χ1n) is 8.95. The Morgan fingerprint density at radius 2 is 1.08 bits per heavy atom. The van der Waals surface area contributed by atoms with Crippen molar-refractivity contribution in [3.05, 3.63) is 47.5 Å². The van der Waals surface area contributed by atoms with Gasteiger partial charge in [-0.2, -0.15) is 0 Å². The molecule has 0 N–H and O–H groups in total. The lowest BCUT2D eigenvalue weighted by molar-refractivity contribution is 0.612. The van der Waals surface area contributed by atoms with E-state index in [1.165, 1.54) is 66.6 Å². The molecule has 0 atom stereocenters. The molecule has 4 rings (SSSR count). The van der Waals surface area contributed by atoms with Crippen molar-refractivity contribution in [1.29, 1.82) is 0 Å².